The molecule has 1 heterocycles. The zero-order chi connectivity index (χ0) is 8.65. The largest absolute Gasteiger partial charge is 0.329 e. The van der Waals surface area contributed by atoms with Crippen molar-refractivity contribution in [2.75, 3.05) is 13.6 Å². The van der Waals surface area contributed by atoms with Crippen LogP contribution in [0.5, 0.6) is 0 Å². The first-order chi connectivity index (χ1) is 4.93. The van der Waals surface area contributed by atoms with Crippen LogP contribution in [0.3, 0.4) is 0 Å². The molecular weight excluding hydrogens is 140 g/mol. The van der Waals surface area contributed by atoms with Crippen molar-refractivity contribution < 1.29 is 6.22 Å². The molecule has 1 aliphatic rings. The van der Waals surface area contributed by atoms with Crippen LogP contribution in [0.2, 0.25) is 0 Å². The molecule has 0 aromatic carbocycles. The van der Waals surface area contributed by atoms with Crippen molar-refractivity contribution in [1.29, 1.82) is 0 Å². The van der Waals surface area contributed by atoms with Gasteiger partial charge in [0.1, 0.15) is 0 Å². The fourth-order valence-corrected chi connectivity index (χ4v) is 1.48. The Bertz CT molecular complexity index is 176. The number of nitrogens with zero attached hydrogens (tertiary/aromatic N) is 1. The first-order valence-electron chi connectivity index (χ1n) is 3.92. The third-order valence-corrected chi connectivity index (χ3v) is 2.05. The van der Waals surface area contributed by atoms with Gasteiger partial charge in [-0.15, -0.1) is 0 Å². The second kappa shape index (κ2) is 2.48. The summed E-state index contributed by atoms with van der Waals surface area (Å²) in [6, 6.07) is 0. The van der Waals surface area contributed by atoms with Gasteiger partial charge in [0.25, 0.3) is 0 Å². The molecule has 0 bridgehead atoms. The Morgan fingerprint density at radius 3 is 2.36 bits per heavy atom. The van der Waals surface area contributed by atoms with E-state index >= 15 is 0 Å². The van der Waals surface area contributed by atoms with Crippen LogP contribution in [0.1, 0.15) is 22.2 Å². The van der Waals surface area contributed by atoms with Crippen molar-refractivity contribution in [1.82, 2.24) is 10.2 Å². The van der Waals surface area contributed by atoms with Crippen molar-refractivity contribution in [3.8, 4) is 0 Å². The number of rotatable bonds is 0. The summed E-state index contributed by atoms with van der Waals surface area (Å²) in [5, 5.41) is 3.17. The lowest BCUT2D eigenvalue weighted by Crippen LogP contribution is -2.44. The Kier molecular flexibility index (Phi) is 1.92. The van der Waals surface area contributed by atoms with Gasteiger partial charge in [0.2, 0.25) is 5.91 Å². The smallest absolute Gasteiger partial charge is 0.237 e. The summed E-state index contributed by atoms with van der Waals surface area (Å²) in [4.78, 5) is 12.9. The average molecular weight is 158 g/mol. The van der Waals surface area contributed by atoms with Crippen molar-refractivity contribution in [3.63, 3.8) is 0 Å². The van der Waals surface area contributed by atoms with Crippen LogP contribution >= 0.6 is 0 Å². The van der Waals surface area contributed by atoms with E-state index in [2.05, 4.69) is 26.1 Å². The van der Waals surface area contributed by atoms with Crippen LogP contribution in [-0.4, -0.2) is 30.6 Å². The first-order valence-corrected chi connectivity index (χ1v) is 3.92. The number of nitrogens with one attached hydrogen (secondary N) is 1. The molecule has 66 valence electrons. The fraction of sp³-hybridized carbons (Fsp3) is 0.875. The molecule has 1 aliphatic heterocycles. The maximum atomic E-state index is 11.1. The van der Waals surface area contributed by atoms with Crippen LogP contribution in [0.4, 0.5) is 0 Å². The highest BCUT2D eigenvalue weighted by atomic mass is 16.2. The molecule has 1 N–H and O–H groups in total. The van der Waals surface area contributed by atoms with Crippen LogP contribution in [-0.2, 0) is 4.79 Å². The van der Waals surface area contributed by atoms with E-state index in [-0.39, 0.29) is 18.9 Å². The van der Waals surface area contributed by atoms with Crippen molar-refractivity contribution in [2.45, 2.75) is 26.9 Å². The molecule has 1 fully saturated rings. The standard InChI is InChI=1S/C8H16N2O.H2/c1-8(2,3)7-9-5-6(11)10(7)4;/h7,9H,5H2,1-4H3;1H/t7-;/m0./s1. The molecule has 3 nitrogen and oxygen atoms in total. The summed E-state index contributed by atoms with van der Waals surface area (Å²) in [6.07, 6.45) is 0.190. The molecule has 1 amide bonds. The topological polar surface area (TPSA) is 32.3 Å². The van der Waals surface area contributed by atoms with Gasteiger partial charge in [0.15, 0.2) is 0 Å². The van der Waals surface area contributed by atoms with E-state index < -0.39 is 0 Å². The van der Waals surface area contributed by atoms with Gasteiger partial charge in [-0.05, 0) is 5.41 Å². The van der Waals surface area contributed by atoms with Crippen molar-refractivity contribution in [2.24, 2.45) is 5.41 Å². The quantitative estimate of drug-likeness (QED) is 0.562. The minimum Gasteiger partial charge on any atom is -0.329 e. The van der Waals surface area contributed by atoms with Gasteiger partial charge in [0, 0.05) is 8.47 Å². The van der Waals surface area contributed by atoms with Gasteiger partial charge >= 0.3 is 0 Å². The maximum Gasteiger partial charge on any atom is 0.237 e. The Hall–Kier alpha value is -0.570. The van der Waals surface area contributed by atoms with Gasteiger partial charge < -0.3 is 4.90 Å². The summed E-state index contributed by atoms with van der Waals surface area (Å²) in [6.45, 7) is 6.86. The van der Waals surface area contributed by atoms with E-state index in [1.165, 1.54) is 0 Å². The van der Waals surface area contributed by atoms with Crippen LogP contribution in [0, 0.1) is 5.41 Å². The minimum absolute atomic E-state index is 0. The molecule has 0 aromatic heterocycles. The van der Waals surface area contributed by atoms with E-state index in [9.17, 15) is 4.79 Å². The second-order valence-corrected chi connectivity index (χ2v) is 4.15. The summed E-state index contributed by atoms with van der Waals surface area (Å²) in [5.41, 5.74) is 0.126. The molecule has 1 saturated heterocycles. The third kappa shape index (κ3) is 1.53. The van der Waals surface area contributed by atoms with Gasteiger partial charge in [-0.25, -0.2) is 0 Å². The molecule has 0 spiro atoms. The first kappa shape index (κ1) is 8.53. The Morgan fingerprint density at radius 1 is 1.64 bits per heavy atom. The van der Waals surface area contributed by atoms with E-state index in [4.69, 9.17) is 0 Å². The van der Waals surface area contributed by atoms with Gasteiger partial charge in [-0.1, -0.05) is 20.8 Å². The fourth-order valence-electron chi connectivity index (χ4n) is 1.48. The lowest BCUT2D eigenvalue weighted by molar-refractivity contribution is -0.127. The molecule has 1 rings (SSSR count). The summed E-state index contributed by atoms with van der Waals surface area (Å²) >= 11 is 0. The summed E-state index contributed by atoms with van der Waals surface area (Å²) in [7, 11) is 1.85. The number of carbonyl (C=O) groups excluding carboxylic acids is 1. The zero-order valence-corrected chi connectivity index (χ0v) is 7.64. The number of hydrogen-bond acceptors (Lipinski definition) is 2. The van der Waals surface area contributed by atoms with Gasteiger partial charge in [-0.2, -0.15) is 0 Å². The highest BCUT2D eigenvalue weighted by Gasteiger charge is 2.35. The van der Waals surface area contributed by atoms with E-state index in [1.807, 2.05) is 7.05 Å². The molecule has 0 aromatic rings. The predicted molar refractivity (Wildman–Crippen MR) is 46.1 cm³/mol. The third-order valence-electron chi connectivity index (χ3n) is 2.05. The Morgan fingerprint density at radius 2 is 2.18 bits per heavy atom. The molecule has 0 saturated carbocycles. The molecule has 1 atom stereocenters. The van der Waals surface area contributed by atoms with Crippen LogP contribution in [0.15, 0.2) is 0 Å². The predicted octanol–water partition coefficient (Wildman–Crippen LogP) is 0.666. The normalized spacial score (nSPS) is 26.4. The summed E-state index contributed by atoms with van der Waals surface area (Å²) in [5.74, 6) is 0.185. The van der Waals surface area contributed by atoms with Crippen molar-refractivity contribution in [3.05, 3.63) is 0 Å². The molecule has 0 radical (unpaired) electrons. The van der Waals surface area contributed by atoms with Crippen LogP contribution in [0.25, 0.3) is 0 Å². The Balaban J connectivity index is 0.00000121. The number of likely N-dealkylation sites (N-methyl/N-ethyl adjacent to an activating group) is 1. The number of hydrogen-bond donors (Lipinski definition) is 1. The SMILES string of the molecule is CN1C(=O)CN[C@@H]1C(C)(C)C.[HH]. The lowest BCUT2D eigenvalue weighted by Gasteiger charge is -2.32. The zero-order valence-electron chi connectivity index (χ0n) is 7.64. The maximum absolute atomic E-state index is 11.1. The second-order valence-electron chi connectivity index (χ2n) is 4.15. The number of amides is 1. The minimum atomic E-state index is 0. The monoisotopic (exact) mass is 158 g/mol. The molecule has 11 heavy (non-hydrogen) atoms. The van der Waals surface area contributed by atoms with Crippen molar-refractivity contribution >= 4 is 5.91 Å². The molecule has 3 heteroatoms. The van der Waals surface area contributed by atoms with E-state index in [0.717, 1.165) is 0 Å². The molecule has 0 aliphatic carbocycles. The van der Waals surface area contributed by atoms with E-state index in [1.54, 1.807) is 4.90 Å². The van der Waals surface area contributed by atoms with Crippen LogP contribution < -0.4 is 5.32 Å². The Labute approximate surface area is 69.2 Å². The molecular formula is C8H18N2O. The number of carbonyl (C=O) groups is 1. The van der Waals surface area contributed by atoms with E-state index in [0.29, 0.717) is 6.54 Å². The molecule has 0 unspecified atom stereocenters. The van der Waals surface area contributed by atoms with Gasteiger partial charge in [-0.3, -0.25) is 10.1 Å². The highest BCUT2D eigenvalue weighted by molar-refractivity contribution is 5.80. The lowest BCUT2D eigenvalue weighted by atomic mass is 9.92. The highest BCUT2D eigenvalue weighted by Crippen LogP contribution is 2.23. The average Bonchev–Trinajstić information content (AvgIpc) is 2.11. The van der Waals surface area contributed by atoms with Gasteiger partial charge in [0.05, 0.1) is 12.7 Å². The summed E-state index contributed by atoms with van der Waals surface area (Å²) < 4.78 is 0.